The van der Waals surface area contributed by atoms with Crippen LogP contribution in [0.25, 0.3) is 0 Å². The number of benzene rings is 1. The van der Waals surface area contributed by atoms with Crippen LogP contribution in [0.2, 0.25) is 0 Å². The molecule has 13 heavy (non-hydrogen) atoms. The highest BCUT2D eigenvalue weighted by atomic mass is 15.4. The molecule has 1 aromatic rings. The fourth-order valence-electron chi connectivity index (χ4n) is 0.998. The molecule has 0 amide bonds. The van der Waals surface area contributed by atoms with E-state index in [0.29, 0.717) is 6.54 Å². The van der Waals surface area contributed by atoms with Crippen molar-refractivity contribution in [1.82, 2.24) is 0 Å². The van der Waals surface area contributed by atoms with Crippen LogP contribution < -0.4 is 10.7 Å². The van der Waals surface area contributed by atoms with Crippen molar-refractivity contribution in [2.75, 3.05) is 18.6 Å². The molecule has 0 unspecified atom stereocenters. The Morgan fingerprint density at radius 3 is 2.54 bits per heavy atom. The normalized spacial score (nSPS) is 11.5. The summed E-state index contributed by atoms with van der Waals surface area (Å²) in [5, 5.41) is 6.11. The zero-order valence-corrected chi connectivity index (χ0v) is 8.07. The van der Waals surface area contributed by atoms with Gasteiger partial charge >= 0.3 is 0 Å². The van der Waals surface area contributed by atoms with E-state index in [1.54, 1.807) is 0 Å². The molecule has 0 spiro atoms. The lowest BCUT2D eigenvalue weighted by Crippen LogP contribution is -2.17. The van der Waals surface area contributed by atoms with E-state index >= 15 is 0 Å². The SMILES string of the molecule is C/C(CN)=N\N(C)c1ccccc1. The molecular weight excluding hydrogens is 162 g/mol. The van der Waals surface area contributed by atoms with Gasteiger partial charge in [-0.05, 0) is 19.1 Å². The minimum Gasteiger partial charge on any atom is -0.325 e. The minimum absolute atomic E-state index is 0.497. The van der Waals surface area contributed by atoms with Crippen molar-refractivity contribution in [2.45, 2.75) is 6.92 Å². The number of hydrogen-bond donors (Lipinski definition) is 1. The predicted octanol–water partition coefficient (Wildman–Crippen LogP) is 1.46. The van der Waals surface area contributed by atoms with Gasteiger partial charge in [0.2, 0.25) is 0 Å². The highest BCUT2D eigenvalue weighted by Crippen LogP contribution is 2.10. The Morgan fingerprint density at radius 1 is 1.38 bits per heavy atom. The Labute approximate surface area is 78.9 Å². The molecule has 0 aliphatic heterocycles. The Morgan fingerprint density at radius 2 is 2.00 bits per heavy atom. The number of anilines is 1. The van der Waals surface area contributed by atoms with Crippen LogP contribution in [0.15, 0.2) is 35.4 Å². The molecule has 1 aromatic carbocycles. The molecule has 3 nitrogen and oxygen atoms in total. The van der Waals surface area contributed by atoms with Crippen LogP contribution >= 0.6 is 0 Å². The topological polar surface area (TPSA) is 41.6 Å². The van der Waals surface area contributed by atoms with E-state index < -0.39 is 0 Å². The van der Waals surface area contributed by atoms with Crippen LogP contribution in [0.1, 0.15) is 6.92 Å². The molecule has 0 aliphatic rings. The fraction of sp³-hybridized carbons (Fsp3) is 0.300. The van der Waals surface area contributed by atoms with Crippen molar-refractivity contribution in [2.24, 2.45) is 10.8 Å². The zero-order valence-electron chi connectivity index (χ0n) is 8.07. The van der Waals surface area contributed by atoms with Gasteiger partial charge in [-0.15, -0.1) is 0 Å². The standard InChI is InChI=1S/C10H15N3/c1-9(8-11)12-13(2)10-6-4-3-5-7-10/h3-7H,8,11H2,1-2H3/b12-9+. The lowest BCUT2D eigenvalue weighted by molar-refractivity contribution is 1.00. The van der Waals surface area contributed by atoms with Gasteiger partial charge in [0.05, 0.1) is 5.69 Å². The summed E-state index contributed by atoms with van der Waals surface area (Å²) in [5.41, 5.74) is 7.43. The lowest BCUT2D eigenvalue weighted by Gasteiger charge is -2.13. The van der Waals surface area contributed by atoms with Gasteiger partial charge in [0.15, 0.2) is 0 Å². The molecule has 3 heteroatoms. The molecule has 0 bridgehead atoms. The maximum absolute atomic E-state index is 5.44. The van der Waals surface area contributed by atoms with Gasteiger partial charge in [-0.3, -0.25) is 5.01 Å². The van der Waals surface area contributed by atoms with Crippen molar-refractivity contribution in [1.29, 1.82) is 0 Å². The van der Waals surface area contributed by atoms with Crippen molar-refractivity contribution >= 4 is 11.4 Å². The van der Waals surface area contributed by atoms with Gasteiger partial charge < -0.3 is 5.73 Å². The summed E-state index contributed by atoms with van der Waals surface area (Å²) in [6.45, 7) is 2.41. The highest BCUT2D eigenvalue weighted by molar-refractivity contribution is 5.84. The fourth-order valence-corrected chi connectivity index (χ4v) is 0.998. The smallest absolute Gasteiger partial charge is 0.0590 e. The van der Waals surface area contributed by atoms with Crippen molar-refractivity contribution in [3.05, 3.63) is 30.3 Å². The number of nitrogens with zero attached hydrogens (tertiary/aromatic N) is 2. The molecule has 0 aliphatic carbocycles. The number of nitrogens with two attached hydrogens (primary N) is 1. The molecule has 0 atom stereocenters. The van der Waals surface area contributed by atoms with Gasteiger partial charge in [-0.2, -0.15) is 5.10 Å². The summed E-state index contributed by atoms with van der Waals surface area (Å²) in [4.78, 5) is 0. The van der Waals surface area contributed by atoms with Gasteiger partial charge in [-0.1, -0.05) is 18.2 Å². The lowest BCUT2D eigenvalue weighted by atomic mass is 10.3. The number of hydrogen-bond acceptors (Lipinski definition) is 3. The molecule has 0 saturated carbocycles. The average Bonchev–Trinajstić information content (AvgIpc) is 2.19. The Hall–Kier alpha value is -1.35. The summed E-state index contributed by atoms with van der Waals surface area (Å²) in [6, 6.07) is 9.97. The minimum atomic E-state index is 0.497. The Balaban J connectivity index is 2.75. The zero-order chi connectivity index (χ0) is 9.68. The van der Waals surface area contributed by atoms with Crippen LogP contribution in [0.4, 0.5) is 5.69 Å². The summed E-state index contributed by atoms with van der Waals surface area (Å²) in [5.74, 6) is 0. The molecule has 0 aromatic heterocycles. The molecular formula is C10H15N3. The van der Waals surface area contributed by atoms with Gasteiger partial charge in [0.25, 0.3) is 0 Å². The van der Waals surface area contributed by atoms with Gasteiger partial charge in [0.1, 0.15) is 0 Å². The first kappa shape index (κ1) is 9.74. The first-order valence-corrected chi connectivity index (χ1v) is 4.27. The third kappa shape index (κ3) is 2.87. The van der Waals surface area contributed by atoms with E-state index in [4.69, 9.17) is 5.73 Å². The van der Waals surface area contributed by atoms with Gasteiger partial charge in [0, 0.05) is 19.3 Å². The first-order valence-electron chi connectivity index (χ1n) is 4.27. The van der Waals surface area contributed by atoms with Crippen LogP contribution in [-0.4, -0.2) is 19.3 Å². The number of rotatable bonds is 3. The predicted molar refractivity (Wildman–Crippen MR) is 57.0 cm³/mol. The summed E-state index contributed by atoms with van der Waals surface area (Å²) >= 11 is 0. The van der Waals surface area contributed by atoms with Crippen LogP contribution in [0, 0.1) is 0 Å². The number of hydrazone groups is 1. The van der Waals surface area contributed by atoms with E-state index in [-0.39, 0.29) is 0 Å². The molecule has 0 fully saturated rings. The highest BCUT2D eigenvalue weighted by Gasteiger charge is 1.96. The Kier molecular flexibility index (Phi) is 3.46. The van der Waals surface area contributed by atoms with E-state index in [0.717, 1.165) is 11.4 Å². The largest absolute Gasteiger partial charge is 0.325 e. The van der Waals surface area contributed by atoms with Crippen molar-refractivity contribution in [3.63, 3.8) is 0 Å². The van der Waals surface area contributed by atoms with Crippen molar-refractivity contribution in [3.8, 4) is 0 Å². The van der Waals surface area contributed by atoms with Crippen LogP contribution in [0.3, 0.4) is 0 Å². The molecule has 1 rings (SSSR count). The average molecular weight is 177 g/mol. The van der Waals surface area contributed by atoms with Crippen LogP contribution in [-0.2, 0) is 0 Å². The van der Waals surface area contributed by atoms with Crippen molar-refractivity contribution < 1.29 is 0 Å². The summed E-state index contributed by atoms with van der Waals surface area (Å²) < 4.78 is 0. The Bertz CT molecular complexity index is 279. The second-order valence-electron chi connectivity index (χ2n) is 2.90. The first-order chi connectivity index (χ1) is 6.24. The maximum atomic E-state index is 5.44. The van der Waals surface area contributed by atoms with E-state index in [1.165, 1.54) is 0 Å². The molecule has 0 saturated heterocycles. The summed E-state index contributed by atoms with van der Waals surface area (Å²) in [7, 11) is 1.91. The van der Waals surface area contributed by atoms with E-state index in [1.807, 2.05) is 49.3 Å². The monoisotopic (exact) mass is 177 g/mol. The third-order valence-corrected chi connectivity index (χ3v) is 1.75. The quantitative estimate of drug-likeness (QED) is 0.561. The van der Waals surface area contributed by atoms with Crippen LogP contribution in [0.5, 0.6) is 0 Å². The molecule has 0 radical (unpaired) electrons. The van der Waals surface area contributed by atoms with E-state index in [9.17, 15) is 0 Å². The number of para-hydroxylation sites is 1. The third-order valence-electron chi connectivity index (χ3n) is 1.75. The maximum Gasteiger partial charge on any atom is 0.0590 e. The van der Waals surface area contributed by atoms with Gasteiger partial charge in [-0.25, -0.2) is 0 Å². The summed E-state index contributed by atoms with van der Waals surface area (Å²) in [6.07, 6.45) is 0. The molecule has 2 N–H and O–H groups in total. The molecule has 70 valence electrons. The molecule has 0 heterocycles. The second-order valence-corrected chi connectivity index (χ2v) is 2.90. The second kappa shape index (κ2) is 4.62. The van der Waals surface area contributed by atoms with E-state index in [2.05, 4.69) is 5.10 Å².